The monoisotopic (exact) mass is 393 g/mol. The molecule has 0 radical (unpaired) electrons. The Bertz CT molecular complexity index is 994. The van der Waals surface area contributed by atoms with E-state index in [1.807, 2.05) is 0 Å². The first kappa shape index (κ1) is 18.5. The molecule has 3 heterocycles. The van der Waals surface area contributed by atoms with Gasteiger partial charge in [-0.05, 0) is 48.5 Å². The molecule has 148 valence electrons. The van der Waals surface area contributed by atoms with Gasteiger partial charge in [0.05, 0.1) is 25.0 Å². The third-order valence-electron chi connectivity index (χ3n) is 4.67. The molecule has 2 N–H and O–H groups in total. The standard InChI is InChI=1S/C21H19N3O5/c25-19-11-14(12-24(19)13-17-3-1-9-28-17)20(26)22-15-5-7-16(8-6-15)23-21(27)18-4-2-10-29-18/h1-10,14H,11-13H2,(H,22,26)(H,23,27). The summed E-state index contributed by atoms with van der Waals surface area (Å²) in [6, 6.07) is 13.5. The minimum absolute atomic E-state index is 0.0717. The summed E-state index contributed by atoms with van der Waals surface area (Å²) < 4.78 is 10.3. The Labute approximate surface area is 166 Å². The SMILES string of the molecule is O=C(Nc1ccc(NC(=O)C2CC(=O)N(Cc3ccco3)C2)cc1)c1ccco1. The van der Waals surface area contributed by atoms with E-state index in [9.17, 15) is 14.4 Å². The summed E-state index contributed by atoms with van der Waals surface area (Å²) in [5.41, 5.74) is 1.16. The van der Waals surface area contributed by atoms with Crippen LogP contribution in [0.2, 0.25) is 0 Å². The molecule has 2 aromatic heterocycles. The second kappa shape index (κ2) is 8.05. The number of nitrogens with one attached hydrogen (secondary N) is 2. The quantitative estimate of drug-likeness (QED) is 0.670. The summed E-state index contributed by atoms with van der Waals surface area (Å²) in [4.78, 5) is 38.3. The molecule has 1 saturated heterocycles. The van der Waals surface area contributed by atoms with E-state index >= 15 is 0 Å². The molecule has 0 saturated carbocycles. The lowest BCUT2D eigenvalue weighted by Gasteiger charge is -2.15. The van der Waals surface area contributed by atoms with E-state index < -0.39 is 5.92 Å². The molecular weight excluding hydrogens is 374 g/mol. The van der Waals surface area contributed by atoms with Crippen LogP contribution >= 0.6 is 0 Å². The number of amides is 3. The van der Waals surface area contributed by atoms with Crippen molar-refractivity contribution in [3.8, 4) is 0 Å². The largest absolute Gasteiger partial charge is 0.467 e. The zero-order chi connectivity index (χ0) is 20.2. The highest BCUT2D eigenvalue weighted by molar-refractivity contribution is 6.02. The van der Waals surface area contributed by atoms with Crippen LogP contribution in [0.4, 0.5) is 11.4 Å². The highest BCUT2D eigenvalue weighted by Gasteiger charge is 2.34. The van der Waals surface area contributed by atoms with Crippen molar-refractivity contribution < 1.29 is 23.2 Å². The van der Waals surface area contributed by atoms with Crippen molar-refractivity contribution in [1.29, 1.82) is 0 Å². The van der Waals surface area contributed by atoms with Crippen LogP contribution in [0.25, 0.3) is 0 Å². The molecule has 4 rings (SSSR count). The van der Waals surface area contributed by atoms with Gasteiger partial charge in [-0.3, -0.25) is 14.4 Å². The molecular formula is C21H19N3O5. The maximum absolute atomic E-state index is 12.5. The Kier molecular flexibility index (Phi) is 5.15. The van der Waals surface area contributed by atoms with Crippen LogP contribution in [0.15, 0.2) is 69.9 Å². The van der Waals surface area contributed by atoms with Crippen LogP contribution in [0, 0.1) is 5.92 Å². The van der Waals surface area contributed by atoms with Crippen molar-refractivity contribution in [3.63, 3.8) is 0 Å². The normalized spacial score (nSPS) is 16.1. The third kappa shape index (κ3) is 4.37. The molecule has 1 aliphatic heterocycles. The molecule has 1 atom stereocenters. The van der Waals surface area contributed by atoms with Crippen LogP contribution in [0.1, 0.15) is 22.7 Å². The first-order chi connectivity index (χ1) is 14.1. The molecule has 8 nitrogen and oxygen atoms in total. The summed E-state index contributed by atoms with van der Waals surface area (Å²) in [7, 11) is 0. The van der Waals surface area contributed by atoms with E-state index in [1.165, 1.54) is 6.26 Å². The van der Waals surface area contributed by atoms with Gasteiger partial charge < -0.3 is 24.4 Å². The van der Waals surface area contributed by atoms with Gasteiger partial charge in [-0.15, -0.1) is 0 Å². The van der Waals surface area contributed by atoms with E-state index in [0.29, 0.717) is 30.2 Å². The Morgan fingerprint density at radius 1 is 0.966 bits per heavy atom. The van der Waals surface area contributed by atoms with Crippen LogP contribution in [-0.2, 0) is 16.1 Å². The molecule has 3 aromatic rings. The van der Waals surface area contributed by atoms with E-state index in [2.05, 4.69) is 10.6 Å². The lowest BCUT2D eigenvalue weighted by molar-refractivity contribution is -0.128. The predicted octanol–water partition coefficient (Wildman–Crippen LogP) is 3.11. The minimum Gasteiger partial charge on any atom is -0.467 e. The van der Waals surface area contributed by atoms with Gasteiger partial charge in [-0.1, -0.05) is 0 Å². The topological polar surface area (TPSA) is 105 Å². The zero-order valence-corrected chi connectivity index (χ0v) is 15.5. The second-order valence-electron chi connectivity index (χ2n) is 6.75. The second-order valence-corrected chi connectivity index (χ2v) is 6.75. The number of hydrogen-bond donors (Lipinski definition) is 2. The number of benzene rings is 1. The molecule has 0 aliphatic carbocycles. The van der Waals surface area contributed by atoms with Crippen molar-refractivity contribution in [2.24, 2.45) is 5.92 Å². The summed E-state index contributed by atoms with van der Waals surface area (Å²) in [5.74, 6) is -0.159. The fourth-order valence-electron chi connectivity index (χ4n) is 3.17. The fourth-order valence-corrected chi connectivity index (χ4v) is 3.17. The maximum Gasteiger partial charge on any atom is 0.291 e. The Balaban J connectivity index is 1.31. The average Bonchev–Trinajstić information content (AvgIpc) is 3.47. The van der Waals surface area contributed by atoms with Gasteiger partial charge in [-0.25, -0.2) is 0 Å². The summed E-state index contributed by atoms with van der Waals surface area (Å²) in [5, 5.41) is 5.53. The van der Waals surface area contributed by atoms with E-state index in [-0.39, 0.29) is 29.9 Å². The van der Waals surface area contributed by atoms with Crippen molar-refractivity contribution in [3.05, 3.63) is 72.6 Å². The molecule has 8 heteroatoms. The van der Waals surface area contributed by atoms with Crippen LogP contribution in [0.5, 0.6) is 0 Å². The van der Waals surface area contributed by atoms with Crippen LogP contribution < -0.4 is 10.6 Å². The lowest BCUT2D eigenvalue weighted by atomic mass is 10.1. The van der Waals surface area contributed by atoms with Crippen molar-refractivity contribution in [2.75, 3.05) is 17.2 Å². The fraction of sp³-hybridized carbons (Fsp3) is 0.190. The molecule has 1 fully saturated rings. The number of nitrogens with zero attached hydrogens (tertiary/aromatic N) is 1. The van der Waals surface area contributed by atoms with E-state index in [0.717, 1.165) is 0 Å². The number of carbonyl (C=O) groups excluding carboxylic acids is 3. The van der Waals surface area contributed by atoms with Gasteiger partial charge in [0.15, 0.2) is 5.76 Å². The number of likely N-dealkylation sites (tertiary alicyclic amines) is 1. The number of carbonyl (C=O) groups is 3. The highest BCUT2D eigenvalue weighted by atomic mass is 16.3. The molecule has 1 aliphatic rings. The molecule has 0 spiro atoms. The number of rotatable bonds is 6. The van der Waals surface area contributed by atoms with Gasteiger partial charge in [-0.2, -0.15) is 0 Å². The summed E-state index contributed by atoms with van der Waals surface area (Å²) in [6.45, 7) is 0.711. The van der Waals surface area contributed by atoms with Crippen LogP contribution in [-0.4, -0.2) is 29.2 Å². The molecule has 3 amide bonds. The van der Waals surface area contributed by atoms with Crippen molar-refractivity contribution in [2.45, 2.75) is 13.0 Å². The smallest absolute Gasteiger partial charge is 0.291 e. The third-order valence-corrected chi connectivity index (χ3v) is 4.67. The van der Waals surface area contributed by atoms with Crippen molar-refractivity contribution in [1.82, 2.24) is 4.90 Å². The first-order valence-electron chi connectivity index (χ1n) is 9.14. The highest BCUT2D eigenvalue weighted by Crippen LogP contribution is 2.23. The Morgan fingerprint density at radius 2 is 1.66 bits per heavy atom. The van der Waals surface area contributed by atoms with E-state index in [4.69, 9.17) is 8.83 Å². The molecule has 1 unspecified atom stereocenters. The van der Waals surface area contributed by atoms with Gasteiger partial charge in [0.25, 0.3) is 5.91 Å². The molecule has 29 heavy (non-hydrogen) atoms. The molecule has 0 bridgehead atoms. The maximum atomic E-state index is 12.5. The average molecular weight is 393 g/mol. The van der Waals surface area contributed by atoms with Gasteiger partial charge in [0.2, 0.25) is 11.8 Å². The Hall–Kier alpha value is -3.81. The van der Waals surface area contributed by atoms with Gasteiger partial charge in [0.1, 0.15) is 5.76 Å². The Morgan fingerprint density at radius 3 is 2.31 bits per heavy atom. The van der Waals surface area contributed by atoms with Crippen molar-refractivity contribution >= 4 is 29.1 Å². The number of furan rings is 2. The van der Waals surface area contributed by atoms with Gasteiger partial charge in [0, 0.05) is 24.3 Å². The van der Waals surface area contributed by atoms with E-state index in [1.54, 1.807) is 59.7 Å². The zero-order valence-electron chi connectivity index (χ0n) is 15.5. The lowest BCUT2D eigenvalue weighted by Crippen LogP contribution is -2.27. The molecule has 1 aromatic carbocycles. The number of hydrogen-bond acceptors (Lipinski definition) is 5. The van der Waals surface area contributed by atoms with Gasteiger partial charge >= 0.3 is 0 Å². The first-order valence-corrected chi connectivity index (χ1v) is 9.14. The predicted molar refractivity (Wildman–Crippen MR) is 104 cm³/mol. The minimum atomic E-state index is -0.421. The number of anilines is 2. The summed E-state index contributed by atoms with van der Waals surface area (Å²) in [6.07, 6.45) is 3.15. The summed E-state index contributed by atoms with van der Waals surface area (Å²) >= 11 is 0. The van der Waals surface area contributed by atoms with Crippen LogP contribution in [0.3, 0.4) is 0 Å².